The third-order valence-corrected chi connectivity index (χ3v) is 4.94. The fourth-order valence-corrected chi connectivity index (χ4v) is 3.43. The Bertz CT molecular complexity index is 874. The average Bonchev–Trinajstić information content (AvgIpc) is 2.76. The predicted octanol–water partition coefficient (Wildman–Crippen LogP) is 5.12. The largest absolute Gasteiger partial charge is 0.805 e. The maximum atomic E-state index is 12.2. The van der Waals surface area contributed by atoms with Crippen molar-refractivity contribution < 1.29 is 32.7 Å². The molecule has 0 heterocycles. The molecule has 2 atom stereocenters. The van der Waals surface area contributed by atoms with Crippen molar-refractivity contribution in [2.45, 2.75) is 38.9 Å². The van der Waals surface area contributed by atoms with Crippen LogP contribution in [0.15, 0.2) is 73.8 Å². The van der Waals surface area contributed by atoms with E-state index >= 15 is 0 Å². The first kappa shape index (κ1) is 24.8. The molecule has 2 unspecified atom stereocenters. The number of rotatable bonds is 12. The molecule has 0 saturated heterocycles. The highest BCUT2D eigenvalue weighted by molar-refractivity contribution is 7.34. The monoisotopic (exact) mass is 457 g/mol. The predicted molar refractivity (Wildman–Crippen MR) is 121 cm³/mol. The minimum Gasteiger partial charge on any atom is -0.459 e. The summed E-state index contributed by atoms with van der Waals surface area (Å²) in [5, 5.41) is 0. The van der Waals surface area contributed by atoms with Gasteiger partial charge in [-0.25, -0.2) is 18.6 Å². The first-order chi connectivity index (χ1) is 15.3. The summed E-state index contributed by atoms with van der Waals surface area (Å²) < 4.78 is 33.1. The summed E-state index contributed by atoms with van der Waals surface area (Å²) in [6.45, 7) is 10.3. The molecule has 7 nitrogen and oxygen atoms in total. The third-order valence-electron chi connectivity index (χ3n) is 4.22. The average molecular weight is 457 g/mol. The lowest BCUT2D eigenvalue weighted by Crippen LogP contribution is -2.15. The zero-order chi connectivity index (χ0) is 23.5. The Morgan fingerprint density at radius 3 is 1.44 bits per heavy atom. The maximum absolute atomic E-state index is 12.2. The molecule has 0 radical (unpaired) electrons. The van der Waals surface area contributed by atoms with Crippen LogP contribution in [0.1, 0.15) is 25.0 Å². The van der Waals surface area contributed by atoms with Crippen molar-refractivity contribution in [2.75, 3.05) is 0 Å². The van der Waals surface area contributed by atoms with Crippen molar-refractivity contribution in [3.8, 4) is 11.5 Å². The summed E-state index contributed by atoms with van der Waals surface area (Å²) in [4.78, 5) is 22.5. The number of carbonyl (C=O) groups is 2. The van der Waals surface area contributed by atoms with Gasteiger partial charge in [-0.05, 0) is 49.2 Å². The Balaban J connectivity index is 1.83. The van der Waals surface area contributed by atoms with Gasteiger partial charge in [0.05, 0.1) is 0 Å². The highest BCUT2D eigenvalue weighted by Crippen LogP contribution is 2.31. The molecular weight excluding hydrogens is 431 g/mol. The summed E-state index contributed by atoms with van der Waals surface area (Å²) in [7, 11) is -2.42. The highest BCUT2D eigenvalue weighted by Gasteiger charge is 2.24. The lowest BCUT2D eigenvalue weighted by molar-refractivity contribution is -0.143. The Kier molecular flexibility index (Phi) is 9.64. The minimum absolute atomic E-state index is 0.299. The van der Waals surface area contributed by atoms with Crippen molar-refractivity contribution >= 4 is 20.2 Å². The molecule has 0 amide bonds. The second-order valence-electron chi connectivity index (χ2n) is 7.01. The van der Waals surface area contributed by atoms with Crippen LogP contribution in [0.2, 0.25) is 0 Å². The molecule has 0 aliphatic carbocycles. The molecule has 2 aromatic rings. The standard InChI is InChI=1S/C24H26O7P/c1-5-23(25)28-17(3)15-19-7-11-21(12-8-19)30-32(27)31-22-13-9-20(10-14-22)16-18(4)29-24(26)6-2/h5-14,17-18H,1-2,15-16H2,3-4H3/q+1. The van der Waals surface area contributed by atoms with Gasteiger partial charge in [0.15, 0.2) is 11.5 Å². The number of benzene rings is 2. The maximum Gasteiger partial charge on any atom is 0.805 e. The number of hydrogen-bond acceptors (Lipinski definition) is 7. The van der Waals surface area contributed by atoms with Crippen LogP contribution in [0.4, 0.5) is 0 Å². The highest BCUT2D eigenvalue weighted by atomic mass is 31.1. The minimum atomic E-state index is -2.42. The van der Waals surface area contributed by atoms with Crippen LogP contribution in [0, 0.1) is 0 Å². The van der Waals surface area contributed by atoms with E-state index < -0.39 is 20.2 Å². The molecule has 0 aliphatic rings. The molecule has 8 heteroatoms. The normalized spacial score (nSPS) is 12.6. The summed E-state index contributed by atoms with van der Waals surface area (Å²) in [6, 6.07) is 13.9. The Morgan fingerprint density at radius 2 is 1.12 bits per heavy atom. The van der Waals surface area contributed by atoms with Gasteiger partial charge < -0.3 is 9.47 Å². The van der Waals surface area contributed by atoms with Crippen LogP contribution in [-0.4, -0.2) is 24.1 Å². The van der Waals surface area contributed by atoms with E-state index in [4.69, 9.17) is 18.5 Å². The number of ether oxygens (including phenoxy) is 2. The van der Waals surface area contributed by atoms with Crippen molar-refractivity contribution in [1.29, 1.82) is 0 Å². The smallest absolute Gasteiger partial charge is 0.459 e. The first-order valence-electron chi connectivity index (χ1n) is 9.96. The summed E-state index contributed by atoms with van der Waals surface area (Å²) in [5.74, 6) is -0.157. The second-order valence-corrected chi connectivity index (χ2v) is 7.82. The van der Waals surface area contributed by atoms with E-state index in [0.29, 0.717) is 24.3 Å². The molecule has 2 aromatic carbocycles. The quantitative estimate of drug-likeness (QED) is 0.248. The van der Waals surface area contributed by atoms with Gasteiger partial charge in [-0.1, -0.05) is 37.4 Å². The summed E-state index contributed by atoms with van der Waals surface area (Å²) in [5.41, 5.74) is 1.86. The Labute approximate surface area is 188 Å². The lowest BCUT2D eigenvalue weighted by atomic mass is 10.1. The lowest BCUT2D eigenvalue weighted by Gasteiger charge is -2.11. The SMILES string of the molecule is C=CC(=O)OC(C)Cc1ccc(O[P+](=O)Oc2ccc(CC(C)OC(=O)C=C)cc2)cc1. The van der Waals surface area contributed by atoms with Crippen LogP contribution < -0.4 is 9.05 Å². The van der Waals surface area contributed by atoms with E-state index in [2.05, 4.69) is 13.2 Å². The molecule has 0 bridgehead atoms. The number of hydrogen-bond donors (Lipinski definition) is 0. The fraction of sp³-hybridized carbons (Fsp3) is 0.250. The van der Waals surface area contributed by atoms with Crippen molar-refractivity contribution in [3.63, 3.8) is 0 Å². The Hall–Kier alpha value is -3.44. The second kappa shape index (κ2) is 12.4. The zero-order valence-corrected chi connectivity index (χ0v) is 19.0. The van der Waals surface area contributed by atoms with Gasteiger partial charge >= 0.3 is 20.2 Å². The van der Waals surface area contributed by atoms with E-state index in [1.807, 2.05) is 0 Å². The van der Waals surface area contributed by atoms with Crippen LogP contribution in [0.5, 0.6) is 11.5 Å². The number of esters is 2. The molecule has 0 saturated carbocycles. The molecule has 0 spiro atoms. The molecule has 168 valence electrons. The van der Waals surface area contributed by atoms with E-state index in [-0.39, 0.29) is 12.2 Å². The van der Waals surface area contributed by atoms with Gasteiger partial charge in [-0.3, -0.25) is 0 Å². The van der Waals surface area contributed by atoms with Gasteiger partial charge in [0.1, 0.15) is 12.2 Å². The van der Waals surface area contributed by atoms with Crippen LogP contribution >= 0.6 is 8.25 Å². The van der Waals surface area contributed by atoms with E-state index in [9.17, 15) is 14.2 Å². The molecular formula is C24H26O7P+. The van der Waals surface area contributed by atoms with Crippen molar-refractivity contribution in [1.82, 2.24) is 0 Å². The summed E-state index contributed by atoms with van der Waals surface area (Å²) in [6.07, 6.45) is 2.71. The van der Waals surface area contributed by atoms with Gasteiger partial charge in [0, 0.05) is 29.6 Å². The molecule has 0 N–H and O–H groups in total. The zero-order valence-electron chi connectivity index (χ0n) is 18.1. The fourth-order valence-electron chi connectivity index (χ4n) is 2.80. The van der Waals surface area contributed by atoms with Crippen molar-refractivity contribution in [2.24, 2.45) is 0 Å². The van der Waals surface area contributed by atoms with Crippen molar-refractivity contribution in [3.05, 3.63) is 85.0 Å². The van der Waals surface area contributed by atoms with Gasteiger partial charge in [0.25, 0.3) is 0 Å². The number of carbonyl (C=O) groups excluding carboxylic acids is 2. The van der Waals surface area contributed by atoms with Gasteiger partial charge in [-0.2, -0.15) is 0 Å². The van der Waals surface area contributed by atoms with Crippen LogP contribution in [0.3, 0.4) is 0 Å². The summed E-state index contributed by atoms with van der Waals surface area (Å²) >= 11 is 0. The third kappa shape index (κ3) is 8.74. The molecule has 0 fully saturated rings. The van der Waals surface area contributed by atoms with Crippen LogP contribution in [-0.2, 0) is 36.5 Å². The topological polar surface area (TPSA) is 88.1 Å². The molecule has 2 rings (SSSR count). The van der Waals surface area contributed by atoms with Crippen LogP contribution in [0.25, 0.3) is 0 Å². The van der Waals surface area contributed by atoms with Gasteiger partial charge in [-0.15, -0.1) is 0 Å². The molecule has 0 aromatic heterocycles. The molecule has 32 heavy (non-hydrogen) atoms. The first-order valence-corrected chi connectivity index (χ1v) is 11.1. The van der Waals surface area contributed by atoms with E-state index in [1.165, 1.54) is 0 Å². The Morgan fingerprint density at radius 1 is 0.781 bits per heavy atom. The van der Waals surface area contributed by atoms with E-state index in [0.717, 1.165) is 23.3 Å². The van der Waals surface area contributed by atoms with E-state index in [1.54, 1.807) is 62.4 Å². The molecule has 0 aliphatic heterocycles. The van der Waals surface area contributed by atoms with Gasteiger partial charge in [0.2, 0.25) is 0 Å².